The van der Waals surface area contributed by atoms with Gasteiger partial charge in [-0.1, -0.05) is 0 Å². The maximum atomic E-state index is 11.6. The van der Waals surface area contributed by atoms with E-state index in [1.54, 1.807) is 20.2 Å². The second-order valence-corrected chi connectivity index (χ2v) is 5.81. The van der Waals surface area contributed by atoms with Crippen LogP contribution in [0.2, 0.25) is 0 Å². The van der Waals surface area contributed by atoms with Crippen LogP contribution in [0.1, 0.15) is 5.69 Å². The largest absolute Gasteiger partial charge is 0.275 e. The number of primary sulfonamides is 1. The van der Waals surface area contributed by atoms with Gasteiger partial charge in [0.05, 0.1) is 15.5 Å². The molecule has 0 saturated heterocycles. The van der Waals surface area contributed by atoms with Crippen LogP contribution < -0.4 is 5.14 Å². The summed E-state index contributed by atoms with van der Waals surface area (Å²) in [6.45, 7) is 1.71. The second kappa shape index (κ2) is 4.69. The van der Waals surface area contributed by atoms with Crippen LogP contribution in [0.15, 0.2) is 29.3 Å². The third-order valence-corrected chi connectivity index (χ3v) is 3.74. The maximum Gasteiger partial charge on any atom is 0.270 e. The zero-order valence-electron chi connectivity index (χ0n) is 10.8. The van der Waals surface area contributed by atoms with Crippen LogP contribution in [0.3, 0.4) is 0 Å². The molecule has 0 saturated carbocycles. The molecular formula is C11H12N4O4S. The summed E-state index contributed by atoms with van der Waals surface area (Å²) in [6.07, 6.45) is 1.63. The van der Waals surface area contributed by atoms with Crippen molar-refractivity contribution < 1.29 is 13.3 Å². The molecule has 0 fully saturated rings. The lowest BCUT2D eigenvalue weighted by atomic mass is 10.1. The lowest BCUT2D eigenvalue weighted by Crippen LogP contribution is -2.13. The van der Waals surface area contributed by atoms with Crippen LogP contribution in [0.25, 0.3) is 11.1 Å². The maximum absolute atomic E-state index is 11.6. The standard InChI is InChI=1S/C11H12N4O4S/c1-7-10(6-14(2)13-7)9-4-3-8(15(16)17)5-11(9)20(12,18)19/h3-6H,1-2H3,(H2,12,18,19). The van der Waals surface area contributed by atoms with E-state index in [4.69, 9.17) is 5.14 Å². The first-order chi connectivity index (χ1) is 9.20. The van der Waals surface area contributed by atoms with Crippen molar-refractivity contribution in [2.24, 2.45) is 12.2 Å². The first kappa shape index (κ1) is 14.2. The van der Waals surface area contributed by atoms with Crippen molar-refractivity contribution in [1.29, 1.82) is 0 Å². The lowest BCUT2D eigenvalue weighted by molar-refractivity contribution is -0.385. The molecule has 0 bridgehead atoms. The molecule has 0 atom stereocenters. The Morgan fingerprint density at radius 1 is 1.35 bits per heavy atom. The molecular weight excluding hydrogens is 284 g/mol. The highest BCUT2D eigenvalue weighted by Gasteiger charge is 2.21. The Morgan fingerprint density at radius 2 is 2.00 bits per heavy atom. The van der Waals surface area contributed by atoms with Gasteiger partial charge in [0.15, 0.2) is 0 Å². The number of rotatable bonds is 3. The van der Waals surface area contributed by atoms with Crippen molar-refractivity contribution in [3.05, 3.63) is 40.2 Å². The number of hydrogen-bond donors (Lipinski definition) is 1. The van der Waals surface area contributed by atoms with Crippen molar-refractivity contribution in [3.63, 3.8) is 0 Å². The van der Waals surface area contributed by atoms with Crippen LogP contribution in [-0.4, -0.2) is 23.1 Å². The third-order valence-electron chi connectivity index (χ3n) is 2.79. The van der Waals surface area contributed by atoms with Crippen molar-refractivity contribution >= 4 is 15.7 Å². The minimum Gasteiger partial charge on any atom is -0.275 e. The normalized spacial score (nSPS) is 11.6. The topological polar surface area (TPSA) is 121 Å². The molecule has 0 aliphatic rings. The molecule has 1 aromatic heterocycles. The Kier molecular flexibility index (Phi) is 3.32. The number of nitrogens with zero attached hydrogens (tertiary/aromatic N) is 3. The van der Waals surface area contributed by atoms with Crippen molar-refractivity contribution in [1.82, 2.24) is 9.78 Å². The highest BCUT2D eigenvalue weighted by molar-refractivity contribution is 7.89. The predicted molar refractivity (Wildman–Crippen MR) is 71.4 cm³/mol. The molecule has 0 aliphatic carbocycles. The molecule has 0 aliphatic heterocycles. The molecule has 0 unspecified atom stereocenters. The van der Waals surface area contributed by atoms with Gasteiger partial charge in [-0.15, -0.1) is 0 Å². The Labute approximate surface area is 115 Å². The number of nitro benzene ring substituents is 1. The molecule has 8 nitrogen and oxygen atoms in total. The summed E-state index contributed by atoms with van der Waals surface area (Å²) >= 11 is 0. The molecule has 2 N–H and O–H groups in total. The number of hydrogen-bond acceptors (Lipinski definition) is 5. The van der Waals surface area contributed by atoms with E-state index in [2.05, 4.69) is 5.10 Å². The summed E-state index contributed by atoms with van der Waals surface area (Å²) in [5.41, 5.74) is 1.13. The Hall–Kier alpha value is -2.26. The van der Waals surface area contributed by atoms with E-state index in [-0.39, 0.29) is 10.6 Å². The zero-order chi connectivity index (χ0) is 15.1. The average Bonchev–Trinajstić information content (AvgIpc) is 2.66. The summed E-state index contributed by atoms with van der Waals surface area (Å²) in [7, 11) is -2.39. The van der Waals surface area contributed by atoms with Gasteiger partial charge in [-0.2, -0.15) is 5.10 Å². The number of non-ortho nitro benzene ring substituents is 1. The smallest absolute Gasteiger partial charge is 0.270 e. The molecule has 1 aromatic carbocycles. The van der Waals surface area contributed by atoms with Gasteiger partial charge in [0, 0.05) is 36.5 Å². The molecule has 2 rings (SSSR count). The van der Waals surface area contributed by atoms with E-state index in [0.717, 1.165) is 6.07 Å². The Bertz CT molecular complexity index is 795. The van der Waals surface area contributed by atoms with E-state index >= 15 is 0 Å². The second-order valence-electron chi connectivity index (χ2n) is 4.28. The fraction of sp³-hybridized carbons (Fsp3) is 0.182. The summed E-state index contributed by atoms with van der Waals surface area (Å²) < 4.78 is 24.8. The van der Waals surface area contributed by atoms with Crippen molar-refractivity contribution in [2.45, 2.75) is 11.8 Å². The van der Waals surface area contributed by atoms with E-state index in [0.29, 0.717) is 16.8 Å². The molecule has 0 amide bonds. The number of nitro groups is 1. The molecule has 0 radical (unpaired) electrons. The summed E-state index contributed by atoms with van der Waals surface area (Å²) in [4.78, 5) is 9.79. The molecule has 2 aromatic rings. The van der Waals surface area contributed by atoms with Gasteiger partial charge >= 0.3 is 0 Å². The van der Waals surface area contributed by atoms with E-state index in [1.807, 2.05) is 0 Å². The van der Waals surface area contributed by atoms with Gasteiger partial charge in [0.2, 0.25) is 10.0 Å². The van der Waals surface area contributed by atoms with E-state index in [9.17, 15) is 18.5 Å². The number of aromatic nitrogens is 2. The number of benzene rings is 1. The minimum atomic E-state index is -4.09. The van der Waals surface area contributed by atoms with Crippen molar-refractivity contribution in [2.75, 3.05) is 0 Å². The summed E-state index contributed by atoms with van der Waals surface area (Å²) in [5.74, 6) is 0. The van der Waals surface area contributed by atoms with Crippen LogP contribution in [0.4, 0.5) is 5.69 Å². The lowest BCUT2D eigenvalue weighted by Gasteiger charge is -2.06. The van der Waals surface area contributed by atoms with Gasteiger partial charge in [0.25, 0.3) is 5.69 Å². The van der Waals surface area contributed by atoms with Gasteiger partial charge in [-0.25, -0.2) is 13.6 Å². The fourth-order valence-corrected chi connectivity index (χ4v) is 2.72. The van der Waals surface area contributed by atoms with Crippen LogP contribution in [0.5, 0.6) is 0 Å². The fourth-order valence-electron chi connectivity index (χ4n) is 1.95. The summed E-state index contributed by atoms with van der Waals surface area (Å²) in [5, 5.41) is 20.0. The van der Waals surface area contributed by atoms with Gasteiger partial charge in [-0.3, -0.25) is 14.8 Å². The molecule has 106 valence electrons. The number of sulfonamides is 1. The Balaban J connectivity index is 2.77. The monoisotopic (exact) mass is 296 g/mol. The minimum absolute atomic E-state index is 0.289. The van der Waals surface area contributed by atoms with Crippen LogP contribution in [-0.2, 0) is 17.1 Å². The predicted octanol–water partition coefficient (Wildman–Crippen LogP) is 0.951. The molecule has 0 spiro atoms. The first-order valence-electron chi connectivity index (χ1n) is 5.52. The van der Waals surface area contributed by atoms with E-state index in [1.165, 1.54) is 16.8 Å². The van der Waals surface area contributed by atoms with Gasteiger partial charge in [0.1, 0.15) is 0 Å². The van der Waals surface area contributed by atoms with Gasteiger partial charge < -0.3 is 0 Å². The van der Waals surface area contributed by atoms with Gasteiger partial charge in [-0.05, 0) is 13.0 Å². The quantitative estimate of drug-likeness (QED) is 0.667. The SMILES string of the molecule is Cc1nn(C)cc1-c1ccc([N+](=O)[O-])cc1S(N)(=O)=O. The highest BCUT2D eigenvalue weighted by atomic mass is 32.2. The van der Waals surface area contributed by atoms with E-state index < -0.39 is 14.9 Å². The average molecular weight is 296 g/mol. The highest BCUT2D eigenvalue weighted by Crippen LogP contribution is 2.31. The van der Waals surface area contributed by atoms with Crippen molar-refractivity contribution in [3.8, 4) is 11.1 Å². The Morgan fingerprint density at radius 3 is 2.45 bits per heavy atom. The van der Waals surface area contributed by atoms with Crippen LogP contribution in [0, 0.1) is 17.0 Å². The molecule has 1 heterocycles. The first-order valence-corrected chi connectivity index (χ1v) is 7.06. The summed E-state index contributed by atoms with van der Waals surface area (Å²) in [6, 6.07) is 3.55. The van der Waals surface area contributed by atoms with Crippen LogP contribution >= 0.6 is 0 Å². The zero-order valence-corrected chi connectivity index (χ0v) is 11.6. The number of aryl methyl sites for hydroxylation is 2. The molecule has 9 heteroatoms. The number of nitrogens with two attached hydrogens (primary N) is 1. The molecule has 20 heavy (non-hydrogen) atoms. The third kappa shape index (κ3) is 2.53.